The molecule has 118 valence electrons. The van der Waals surface area contributed by atoms with E-state index in [1.165, 1.54) is 50.4 Å². The van der Waals surface area contributed by atoms with E-state index in [9.17, 15) is 9.59 Å². The van der Waals surface area contributed by atoms with Gasteiger partial charge in [-0.2, -0.15) is 0 Å². The first kappa shape index (κ1) is 15.0. The molecule has 5 heteroatoms. The zero-order valence-corrected chi connectivity index (χ0v) is 12.7. The summed E-state index contributed by atoms with van der Waals surface area (Å²) < 4.78 is 0. The highest BCUT2D eigenvalue weighted by Gasteiger charge is 2.35. The van der Waals surface area contributed by atoms with Gasteiger partial charge in [0.25, 0.3) is 5.91 Å². The summed E-state index contributed by atoms with van der Waals surface area (Å²) in [6.07, 6.45) is 9.71. The van der Waals surface area contributed by atoms with E-state index >= 15 is 0 Å². The Bertz CT molecular complexity index is 563. The van der Waals surface area contributed by atoms with Crippen LogP contribution in [0.4, 0.5) is 0 Å². The Morgan fingerprint density at radius 2 is 1.91 bits per heavy atom. The van der Waals surface area contributed by atoms with Gasteiger partial charge in [0.2, 0.25) is 0 Å². The molecule has 0 spiro atoms. The van der Waals surface area contributed by atoms with Gasteiger partial charge >= 0.3 is 5.97 Å². The van der Waals surface area contributed by atoms with E-state index in [4.69, 9.17) is 5.11 Å². The van der Waals surface area contributed by atoms with E-state index in [0.29, 0.717) is 12.0 Å². The number of carboxylic acid groups (broad SMARTS) is 1. The van der Waals surface area contributed by atoms with Crippen molar-refractivity contribution in [1.82, 2.24) is 9.88 Å². The van der Waals surface area contributed by atoms with Crippen LogP contribution in [0, 0.1) is 5.92 Å². The Kier molecular flexibility index (Phi) is 4.41. The van der Waals surface area contributed by atoms with Gasteiger partial charge in [0.15, 0.2) is 0 Å². The predicted molar refractivity (Wildman–Crippen MR) is 81.8 cm³/mol. The Hall–Kier alpha value is -1.91. The first-order chi connectivity index (χ1) is 10.6. The van der Waals surface area contributed by atoms with Gasteiger partial charge in [0.05, 0.1) is 5.56 Å². The lowest BCUT2D eigenvalue weighted by molar-refractivity contribution is 0.0692. The Morgan fingerprint density at radius 3 is 2.55 bits per heavy atom. The summed E-state index contributed by atoms with van der Waals surface area (Å²) >= 11 is 0. The fourth-order valence-electron chi connectivity index (χ4n) is 3.26. The van der Waals surface area contributed by atoms with Crippen LogP contribution in [0.5, 0.6) is 0 Å². The molecule has 0 atom stereocenters. The lowest BCUT2D eigenvalue weighted by Gasteiger charge is -2.29. The van der Waals surface area contributed by atoms with Crippen molar-refractivity contribution in [2.75, 3.05) is 6.54 Å². The summed E-state index contributed by atoms with van der Waals surface area (Å²) in [5.41, 5.74) is 0.370. The van der Waals surface area contributed by atoms with E-state index in [0.717, 1.165) is 19.4 Å². The molecule has 0 saturated heterocycles. The number of carbonyl (C=O) groups is 2. The van der Waals surface area contributed by atoms with Gasteiger partial charge in [0, 0.05) is 18.8 Å². The van der Waals surface area contributed by atoms with E-state index in [1.54, 1.807) is 0 Å². The number of carbonyl (C=O) groups excluding carboxylic acids is 1. The highest BCUT2D eigenvalue weighted by atomic mass is 16.4. The monoisotopic (exact) mass is 302 g/mol. The molecule has 5 nitrogen and oxygen atoms in total. The number of hydrogen-bond acceptors (Lipinski definition) is 3. The highest BCUT2D eigenvalue weighted by Crippen LogP contribution is 2.32. The number of pyridine rings is 1. The van der Waals surface area contributed by atoms with Crippen LogP contribution in [0.25, 0.3) is 0 Å². The van der Waals surface area contributed by atoms with Gasteiger partial charge in [0.1, 0.15) is 5.69 Å². The van der Waals surface area contributed by atoms with Crippen LogP contribution >= 0.6 is 0 Å². The molecule has 22 heavy (non-hydrogen) atoms. The molecule has 0 aliphatic heterocycles. The number of amides is 1. The quantitative estimate of drug-likeness (QED) is 0.907. The summed E-state index contributed by atoms with van der Waals surface area (Å²) in [5, 5.41) is 9.06. The number of aromatic carboxylic acids is 1. The van der Waals surface area contributed by atoms with Gasteiger partial charge < -0.3 is 10.0 Å². The molecular formula is C17H22N2O3. The van der Waals surface area contributed by atoms with Crippen molar-refractivity contribution in [2.24, 2.45) is 5.92 Å². The van der Waals surface area contributed by atoms with Crippen molar-refractivity contribution < 1.29 is 14.7 Å². The lowest BCUT2D eigenvalue weighted by atomic mass is 9.89. The third kappa shape index (κ3) is 3.46. The molecule has 3 rings (SSSR count). The molecule has 0 bridgehead atoms. The first-order valence-corrected chi connectivity index (χ1v) is 8.15. The molecule has 2 aliphatic carbocycles. The lowest BCUT2D eigenvalue weighted by Crippen LogP contribution is -2.38. The molecule has 2 fully saturated rings. The van der Waals surface area contributed by atoms with Crippen LogP contribution in [-0.4, -0.2) is 39.5 Å². The zero-order chi connectivity index (χ0) is 15.5. The maximum Gasteiger partial charge on any atom is 0.335 e. The fraction of sp³-hybridized carbons (Fsp3) is 0.588. The van der Waals surface area contributed by atoms with Gasteiger partial charge in [-0.05, 0) is 43.7 Å². The van der Waals surface area contributed by atoms with E-state index in [-0.39, 0.29) is 17.2 Å². The summed E-state index contributed by atoms with van der Waals surface area (Å²) in [5.74, 6) is -0.557. The van der Waals surface area contributed by atoms with Crippen LogP contribution < -0.4 is 0 Å². The minimum atomic E-state index is -1.03. The van der Waals surface area contributed by atoms with Crippen molar-refractivity contribution in [3.63, 3.8) is 0 Å². The van der Waals surface area contributed by atoms with Crippen LogP contribution in [0.1, 0.15) is 65.8 Å². The molecule has 1 amide bonds. The minimum Gasteiger partial charge on any atom is -0.478 e. The average Bonchev–Trinajstić information content (AvgIpc) is 3.38. The van der Waals surface area contributed by atoms with Crippen LogP contribution in [0.3, 0.4) is 0 Å². The zero-order valence-electron chi connectivity index (χ0n) is 12.7. The summed E-state index contributed by atoms with van der Waals surface area (Å²) in [6.45, 7) is 0.794. The Morgan fingerprint density at radius 1 is 1.18 bits per heavy atom. The second kappa shape index (κ2) is 6.46. The molecule has 0 radical (unpaired) electrons. The molecule has 1 aromatic rings. The van der Waals surface area contributed by atoms with Gasteiger partial charge in [-0.3, -0.25) is 9.78 Å². The number of rotatable bonds is 5. The molecule has 0 unspecified atom stereocenters. The molecule has 1 N–H and O–H groups in total. The predicted octanol–water partition coefficient (Wildman–Crippen LogP) is 2.96. The molecule has 2 saturated carbocycles. The van der Waals surface area contributed by atoms with E-state index in [1.807, 2.05) is 4.90 Å². The largest absolute Gasteiger partial charge is 0.478 e. The van der Waals surface area contributed by atoms with Gasteiger partial charge in [-0.15, -0.1) is 0 Å². The molecule has 1 heterocycles. The number of nitrogens with zero attached hydrogens (tertiary/aromatic N) is 2. The molecule has 2 aliphatic rings. The second-order valence-electron chi connectivity index (χ2n) is 6.43. The van der Waals surface area contributed by atoms with Crippen molar-refractivity contribution in [1.29, 1.82) is 0 Å². The van der Waals surface area contributed by atoms with Crippen molar-refractivity contribution in [3.8, 4) is 0 Å². The maximum atomic E-state index is 12.7. The van der Waals surface area contributed by atoms with Crippen LogP contribution in [0.2, 0.25) is 0 Å². The van der Waals surface area contributed by atoms with E-state index < -0.39 is 5.97 Å². The number of aromatic nitrogens is 1. The topological polar surface area (TPSA) is 70.5 Å². The second-order valence-corrected chi connectivity index (χ2v) is 6.43. The van der Waals surface area contributed by atoms with E-state index in [2.05, 4.69) is 4.98 Å². The summed E-state index contributed by atoms with van der Waals surface area (Å²) in [6, 6.07) is 3.13. The van der Waals surface area contributed by atoms with Gasteiger partial charge in [-0.25, -0.2) is 4.79 Å². The third-order valence-corrected chi connectivity index (χ3v) is 4.65. The van der Waals surface area contributed by atoms with Crippen molar-refractivity contribution in [2.45, 2.75) is 51.0 Å². The highest BCUT2D eigenvalue weighted by molar-refractivity contribution is 5.96. The Balaban J connectivity index is 1.74. The van der Waals surface area contributed by atoms with Crippen molar-refractivity contribution in [3.05, 3.63) is 29.6 Å². The smallest absolute Gasteiger partial charge is 0.335 e. The maximum absolute atomic E-state index is 12.7. The molecular weight excluding hydrogens is 280 g/mol. The van der Waals surface area contributed by atoms with Crippen molar-refractivity contribution >= 4 is 11.9 Å². The SMILES string of the molecule is O=C(O)c1ccnc(C(=O)N(CC2CCCCC2)C2CC2)c1. The normalized spacial score (nSPS) is 18.9. The molecule has 1 aromatic heterocycles. The van der Waals surface area contributed by atoms with Gasteiger partial charge in [-0.1, -0.05) is 19.3 Å². The average molecular weight is 302 g/mol. The summed E-state index contributed by atoms with van der Waals surface area (Å²) in [7, 11) is 0. The van der Waals surface area contributed by atoms with Crippen LogP contribution in [0.15, 0.2) is 18.3 Å². The standard InChI is InChI=1S/C17H22N2O3/c20-16(15-10-13(17(21)22)8-9-18-15)19(14-6-7-14)11-12-4-2-1-3-5-12/h8-10,12,14H,1-7,11H2,(H,21,22). The number of hydrogen-bond donors (Lipinski definition) is 1. The fourth-order valence-corrected chi connectivity index (χ4v) is 3.26. The third-order valence-electron chi connectivity index (χ3n) is 4.65. The number of carboxylic acids is 1. The Labute approximate surface area is 130 Å². The molecule has 0 aromatic carbocycles. The minimum absolute atomic E-state index is 0.115. The first-order valence-electron chi connectivity index (χ1n) is 8.15. The summed E-state index contributed by atoms with van der Waals surface area (Å²) in [4.78, 5) is 29.8. The van der Waals surface area contributed by atoms with Crippen LogP contribution in [-0.2, 0) is 0 Å².